The summed E-state index contributed by atoms with van der Waals surface area (Å²) in [5.41, 5.74) is 0.516. The van der Waals surface area contributed by atoms with Crippen molar-refractivity contribution in [3.63, 3.8) is 0 Å². The van der Waals surface area contributed by atoms with Crippen LogP contribution in [-0.4, -0.2) is 15.9 Å². The predicted molar refractivity (Wildman–Crippen MR) is 72.4 cm³/mol. The number of fused-ring (bicyclic) bond motifs is 1. The van der Waals surface area contributed by atoms with Crippen molar-refractivity contribution in [3.05, 3.63) is 46.3 Å². The largest absolute Gasteiger partial charge is 0.423 e. The van der Waals surface area contributed by atoms with E-state index in [0.717, 1.165) is 5.39 Å². The molecular weight excluding hydrogens is 267 g/mol. The molecule has 1 heterocycles. The van der Waals surface area contributed by atoms with E-state index in [1.165, 1.54) is 0 Å². The van der Waals surface area contributed by atoms with Gasteiger partial charge in [-0.1, -0.05) is 25.1 Å². The van der Waals surface area contributed by atoms with Crippen LogP contribution >= 0.6 is 7.60 Å². The topological polar surface area (TPSA) is 87.7 Å². The molecule has 0 saturated carbocycles. The summed E-state index contributed by atoms with van der Waals surface area (Å²) in [6.45, 7) is 1.76. The van der Waals surface area contributed by atoms with Crippen molar-refractivity contribution < 1.29 is 18.8 Å². The molecule has 1 atom stereocenters. The maximum absolute atomic E-state index is 11.8. The number of benzene rings is 1. The fourth-order valence-electron chi connectivity index (χ4n) is 1.94. The summed E-state index contributed by atoms with van der Waals surface area (Å²) in [5.74, 6) is -0.256. The number of para-hydroxylation sites is 1. The molecule has 0 radical (unpaired) electrons. The first-order valence-corrected chi connectivity index (χ1v) is 7.74. The maximum Gasteiger partial charge on any atom is 0.339 e. The average molecular weight is 282 g/mol. The standard InChI is InChI=1S/C13H15O5P/c1-9(6-7-19(15,16)17)11-8-10-4-2-3-5-12(10)18-13(11)14/h2-5,8-9H,6-7H2,1H3,(H2,15,16,17). The van der Waals surface area contributed by atoms with E-state index < -0.39 is 13.2 Å². The molecule has 0 fully saturated rings. The Morgan fingerprint density at radius 1 is 1.32 bits per heavy atom. The summed E-state index contributed by atoms with van der Waals surface area (Å²) in [5, 5.41) is 0.806. The molecule has 0 aliphatic heterocycles. The first-order valence-electron chi connectivity index (χ1n) is 5.94. The van der Waals surface area contributed by atoms with Crippen LogP contribution in [0.25, 0.3) is 11.0 Å². The van der Waals surface area contributed by atoms with Crippen LogP contribution < -0.4 is 5.63 Å². The van der Waals surface area contributed by atoms with E-state index in [-0.39, 0.29) is 18.5 Å². The van der Waals surface area contributed by atoms with Gasteiger partial charge in [-0.15, -0.1) is 0 Å². The zero-order chi connectivity index (χ0) is 14.0. The molecule has 2 N–H and O–H groups in total. The van der Waals surface area contributed by atoms with E-state index in [0.29, 0.717) is 11.1 Å². The van der Waals surface area contributed by atoms with Gasteiger partial charge in [0, 0.05) is 10.9 Å². The smallest absolute Gasteiger partial charge is 0.339 e. The molecule has 102 valence electrons. The molecule has 1 unspecified atom stereocenters. The van der Waals surface area contributed by atoms with Crippen molar-refractivity contribution in [2.75, 3.05) is 6.16 Å². The van der Waals surface area contributed by atoms with E-state index >= 15 is 0 Å². The lowest BCUT2D eigenvalue weighted by Gasteiger charge is -2.11. The highest BCUT2D eigenvalue weighted by atomic mass is 31.2. The second-order valence-electron chi connectivity index (χ2n) is 4.61. The zero-order valence-corrected chi connectivity index (χ0v) is 11.3. The molecular formula is C13H15O5P. The Balaban J connectivity index is 2.31. The van der Waals surface area contributed by atoms with Gasteiger partial charge >= 0.3 is 13.2 Å². The highest BCUT2D eigenvalue weighted by Gasteiger charge is 2.18. The van der Waals surface area contributed by atoms with Crippen LogP contribution in [0.1, 0.15) is 24.8 Å². The molecule has 1 aromatic carbocycles. The lowest BCUT2D eigenvalue weighted by Crippen LogP contribution is -2.11. The highest BCUT2D eigenvalue weighted by Crippen LogP contribution is 2.37. The maximum atomic E-state index is 11.8. The quantitative estimate of drug-likeness (QED) is 0.664. The minimum Gasteiger partial charge on any atom is -0.423 e. The lowest BCUT2D eigenvalue weighted by atomic mass is 9.99. The third-order valence-electron chi connectivity index (χ3n) is 3.05. The minimum absolute atomic E-state index is 0.236. The van der Waals surface area contributed by atoms with Crippen LogP contribution in [0.15, 0.2) is 39.5 Å². The van der Waals surface area contributed by atoms with Crippen molar-refractivity contribution >= 4 is 18.6 Å². The monoisotopic (exact) mass is 282 g/mol. The second kappa shape index (κ2) is 5.29. The van der Waals surface area contributed by atoms with Gasteiger partial charge in [-0.25, -0.2) is 4.79 Å². The Labute approximate surface area is 110 Å². The minimum atomic E-state index is -4.04. The van der Waals surface area contributed by atoms with Gasteiger partial charge < -0.3 is 14.2 Å². The van der Waals surface area contributed by atoms with Crippen molar-refractivity contribution in [3.8, 4) is 0 Å². The van der Waals surface area contributed by atoms with Crippen LogP contribution in [-0.2, 0) is 4.57 Å². The molecule has 19 heavy (non-hydrogen) atoms. The van der Waals surface area contributed by atoms with Gasteiger partial charge in [0.1, 0.15) is 5.58 Å². The zero-order valence-electron chi connectivity index (χ0n) is 10.4. The highest BCUT2D eigenvalue weighted by molar-refractivity contribution is 7.51. The first-order chi connectivity index (χ1) is 8.87. The Hall–Kier alpha value is -1.42. The Bertz CT molecular complexity index is 685. The van der Waals surface area contributed by atoms with Gasteiger partial charge in [0.25, 0.3) is 0 Å². The van der Waals surface area contributed by atoms with E-state index in [1.807, 2.05) is 12.1 Å². The van der Waals surface area contributed by atoms with Gasteiger partial charge in [-0.2, -0.15) is 0 Å². The molecule has 6 heteroatoms. The normalized spacial score (nSPS) is 13.6. The molecule has 0 bridgehead atoms. The average Bonchev–Trinajstić information content (AvgIpc) is 2.34. The molecule has 2 aromatic rings. The van der Waals surface area contributed by atoms with Gasteiger partial charge in [0.05, 0.1) is 6.16 Å². The Morgan fingerprint density at radius 2 is 2.00 bits per heavy atom. The molecule has 0 saturated heterocycles. The van der Waals surface area contributed by atoms with Crippen LogP contribution in [0.2, 0.25) is 0 Å². The third-order valence-corrected chi connectivity index (χ3v) is 3.89. The molecule has 5 nitrogen and oxygen atoms in total. The summed E-state index contributed by atoms with van der Waals surface area (Å²) < 4.78 is 16.1. The van der Waals surface area contributed by atoms with E-state index in [9.17, 15) is 9.36 Å². The Morgan fingerprint density at radius 3 is 2.68 bits per heavy atom. The summed E-state index contributed by atoms with van der Waals surface area (Å²) >= 11 is 0. The van der Waals surface area contributed by atoms with Crippen molar-refractivity contribution in [2.45, 2.75) is 19.3 Å². The third kappa shape index (κ3) is 3.53. The van der Waals surface area contributed by atoms with Crippen molar-refractivity contribution in [1.82, 2.24) is 0 Å². The molecule has 2 rings (SSSR count). The van der Waals surface area contributed by atoms with E-state index in [2.05, 4.69) is 0 Å². The van der Waals surface area contributed by atoms with Crippen molar-refractivity contribution in [2.24, 2.45) is 0 Å². The Kier molecular flexibility index (Phi) is 3.90. The van der Waals surface area contributed by atoms with Crippen molar-refractivity contribution in [1.29, 1.82) is 0 Å². The molecule has 0 aliphatic rings. The second-order valence-corrected chi connectivity index (χ2v) is 6.38. The van der Waals surface area contributed by atoms with E-state index in [4.69, 9.17) is 14.2 Å². The lowest BCUT2D eigenvalue weighted by molar-refractivity contribution is 0.370. The predicted octanol–water partition coefficient (Wildman–Crippen LogP) is 2.46. The summed E-state index contributed by atoms with van der Waals surface area (Å²) in [7, 11) is -4.04. The fraction of sp³-hybridized carbons (Fsp3) is 0.308. The first kappa shape index (κ1) is 14.0. The van der Waals surface area contributed by atoms with Crippen LogP contribution in [0.3, 0.4) is 0 Å². The number of hydrogen-bond acceptors (Lipinski definition) is 3. The molecule has 0 aliphatic carbocycles. The van der Waals surface area contributed by atoms with Gasteiger partial charge in [0.2, 0.25) is 0 Å². The number of rotatable bonds is 4. The summed E-state index contributed by atoms with van der Waals surface area (Å²) in [6.07, 6.45) is 0.00775. The van der Waals surface area contributed by atoms with E-state index in [1.54, 1.807) is 25.1 Å². The summed E-state index contributed by atoms with van der Waals surface area (Å²) in [4.78, 5) is 29.6. The number of hydrogen-bond donors (Lipinski definition) is 2. The SMILES string of the molecule is CC(CCP(=O)(O)O)c1cc2ccccc2oc1=O. The van der Waals surface area contributed by atoms with Gasteiger partial charge in [-0.3, -0.25) is 4.57 Å². The summed E-state index contributed by atoms with van der Waals surface area (Å²) in [6, 6.07) is 8.89. The van der Waals surface area contributed by atoms with Crippen LogP contribution in [0, 0.1) is 0 Å². The van der Waals surface area contributed by atoms with Gasteiger partial charge in [-0.05, 0) is 24.5 Å². The van der Waals surface area contributed by atoms with Crippen LogP contribution in [0.4, 0.5) is 0 Å². The van der Waals surface area contributed by atoms with Crippen LogP contribution in [0.5, 0.6) is 0 Å². The molecule has 0 spiro atoms. The molecule has 1 aromatic heterocycles. The fourth-order valence-corrected chi connectivity index (χ4v) is 2.66. The van der Waals surface area contributed by atoms with Gasteiger partial charge in [0.15, 0.2) is 0 Å². The molecule has 0 amide bonds.